The smallest absolute Gasteiger partial charge is 0.191 e. The number of rotatable bonds is 6. The largest absolute Gasteiger partial charge is 0.491 e. The van der Waals surface area contributed by atoms with Gasteiger partial charge in [0.2, 0.25) is 0 Å². The maximum Gasteiger partial charge on any atom is 0.191 e. The topological polar surface area (TPSA) is 54.9 Å². The highest BCUT2D eigenvalue weighted by atomic mass is 127. The molecular formula is C15H24IN3O2. The maximum absolute atomic E-state index is 5.77. The fourth-order valence-electron chi connectivity index (χ4n) is 2.01. The highest BCUT2D eigenvalue weighted by Crippen LogP contribution is 2.20. The van der Waals surface area contributed by atoms with Crippen molar-refractivity contribution in [2.24, 2.45) is 4.99 Å². The highest BCUT2D eigenvalue weighted by molar-refractivity contribution is 14.0. The molecule has 5 nitrogen and oxygen atoms in total. The van der Waals surface area contributed by atoms with Gasteiger partial charge in [0.05, 0.1) is 6.61 Å². The molecule has 0 aliphatic carbocycles. The molecule has 1 aromatic rings. The van der Waals surface area contributed by atoms with E-state index in [0.717, 1.165) is 36.8 Å². The van der Waals surface area contributed by atoms with Gasteiger partial charge in [-0.25, -0.2) is 0 Å². The second-order valence-corrected chi connectivity index (χ2v) is 4.82. The lowest BCUT2D eigenvalue weighted by Crippen LogP contribution is -2.40. The lowest BCUT2D eigenvalue weighted by molar-refractivity contribution is 0.145. The molecule has 2 rings (SSSR count). The summed E-state index contributed by atoms with van der Waals surface area (Å²) < 4.78 is 10.8. The summed E-state index contributed by atoms with van der Waals surface area (Å²) in [7, 11) is 1.68. The summed E-state index contributed by atoms with van der Waals surface area (Å²) in [5.74, 6) is 1.78. The molecule has 6 heteroatoms. The van der Waals surface area contributed by atoms with Gasteiger partial charge in [-0.15, -0.1) is 24.0 Å². The first-order chi connectivity index (χ1) is 9.79. The lowest BCUT2D eigenvalue weighted by Gasteiger charge is -2.17. The summed E-state index contributed by atoms with van der Waals surface area (Å²) in [4.78, 5) is 4.40. The Morgan fingerprint density at radius 1 is 1.33 bits per heavy atom. The molecule has 2 N–H and O–H groups in total. The van der Waals surface area contributed by atoms with Gasteiger partial charge in [-0.2, -0.15) is 0 Å². The molecule has 0 spiro atoms. The van der Waals surface area contributed by atoms with E-state index in [1.165, 1.54) is 5.56 Å². The number of aliphatic imine (C=N–C) groups is 1. The van der Waals surface area contributed by atoms with E-state index < -0.39 is 0 Å². The zero-order valence-electron chi connectivity index (χ0n) is 12.6. The summed E-state index contributed by atoms with van der Waals surface area (Å²) in [5, 5.41) is 6.57. The third-order valence-electron chi connectivity index (χ3n) is 3.11. The Hall–Kier alpha value is -1.02. The molecule has 1 aliphatic rings. The average molecular weight is 405 g/mol. The van der Waals surface area contributed by atoms with Crippen molar-refractivity contribution in [1.82, 2.24) is 10.6 Å². The highest BCUT2D eigenvalue weighted by Gasteiger charge is 2.07. The Bertz CT molecular complexity index is 466. The first-order valence-corrected chi connectivity index (χ1v) is 7.03. The number of halogens is 1. The van der Waals surface area contributed by atoms with Crippen LogP contribution in [0.25, 0.3) is 0 Å². The minimum Gasteiger partial charge on any atom is -0.491 e. The van der Waals surface area contributed by atoms with E-state index in [0.29, 0.717) is 19.8 Å². The van der Waals surface area contributed by atoms with Crippen molar-refractivity contribution >= 4 is 29.9 Å². The maximum atomic E-state index is 5.77. The van der Waals surface area contributed by atoms with Crippen molar-refractivity contribution in [3.05, 3.63) is 29.3 Å². The molecule has 0 amide bonds. The van der Waals surface area contributed by atoms with Crippen LogP contribution < -0.4 is 15.4 Å². The molecule has 0 unspecified atom stereocenters. The standard InChI is InChI=1S/C15H23N3O2.HI/c1-12-4-5-13(14(10-12)20-9-8-19-2)11-18-15-16-6-3-7-17-15;/h4-5,10H,3,6-9,11H2,1-2H3,(H2,16,17,18);1H. The number of guanidine groups is 1. The van der Waals surface area contributed by atoms with Crippen LogP contribution in [-0.2, 0) is 11.3 Å². The molecule has 0 saturated carbocycles. The number of aryl methyl sites for hydroxylation is 1. The van der Waals surface area contributed by atoms with Crippen molar-refractivity contribution in [3.63, 3.8) is 0 Å². The van der Waals surface area contributed by atoms with Gasteiger partial charge < -0.3 is 20.1 Å². The molecule has 0 radical (unpaired) electrons. The molecule has 1 aliphatic heterocycles. The van der Waals surface area contributed by atoms with E-state index in [1.807, 2.05) is 0 Å². The number of hydrogen-bond acceptors (Lipinski definition) is 5. The van der Waals surface area contributed by atoms with Crippen LogP contribution in [0.1, 0.15) is 17.5 Å². The molecule has 0 bridgehead atoms. The minimum atomic E-state index is 0. The van der Waals surface area contributed by atoms with Crippen molar-refractivity contribution in [2.45, 2.75) is 19.9 Å². The Morgan fingerprint density at radius 2 is 2.19 bits per heavy atom. The van der Waals surface area contributed by atoms with Gasteiger partial charge in [0, 0.05) is 32.3 Å². The van der Waals surface area contributed by atoms with Gasteiger partial charge in [0.15, 0.2) is 5.96 Å². The van der Waals surface area contributed by atoms with E-state index in [1.54, 1.807) is 7.11 Å². The molecule has 118 valence electrons. The van der Waals surface area contributed by atoms with E-state index >= 15 is 0 Å². The number of nitrogens with one attached hydrogen (secondary N) is 2. The third kappa shape index (κ3) is 6.09. The first kappa shape index (κ1) is 18.0. The molecule has 21 heavy (non-hydrogen) atoms. The quantitative estimate of drug-likeness (QED) is 0.562. The van der Waals surface area contributed by atoms with Crippen LogP contribution in [0.3, 0.4) is 0 Å². The normalized spacial score (nSPS) is 13.7. The van der Waals surface area contributed by atoms with Crippen LogP contribution in [0, 0.1) is 6.92 Å². The molecule has 0 saturated heterocycles. The van der Waals surface area contributed by atoms with Crippen LogP contribution in [0.15, 0.2) is 23.2 Å². The number of benzene rings is 1. The van der Waals surface area contributed by atoms with Gasteiger partial charge in [-0.05, 0) is 25.0 Å². The number of nitrogens with zero attached hydrogens (tertiary/aromatic N) is 1. The number of methoxy groups -OCH3 is 1. The zero-order valence-corrected chi connectivity index (χ0v) is 15.0. The van der Waals surface area contributed by atoms with Gasteiger partial charge in [0.1, 0.15) is 12.4 Å². The van der Waals surface area contributed by atoms with E-state index in [4.69, 9.17) is 9.47 Å². The van der Waals surface area contributed by atoms with E-state index in [-0.39, 0.29) is 24.0 Å². The van der Waals surface area contributed by atoms with E-state index in [2.05, 4.69) is 40.7 Å². The molecule has 0 aromatic heterocycles. The molecular weight excluding hydrogens is 381 g/mol. The van der Waals surface area contributed by atoms with E-state index in [9.17, 15) is 0 Å². The lowest BCUT2D eigenvalue weighted by atomic mass is 10.1. The molecule has 0 fully saturated rings. The monoisotopic (exact) mass is 405 g/mol. The summed E-state index contributed by atoms with van der Waals surface area (Å²) in [6, 6.07) is 6.24. The Morgan fingerprint density at radius 3 is 2.90 bits per heavy atom. The summed E-state index contributed by atoms with van der Waals surface area (Å²) in [5.41, 5.74) is 2.32. The Balaban J connectivity index is 0.00000220. The van der Waals surface area contributed by atoms with Crippen molar-refractivity contribution < 1.29 is 9.47 Å². The predicted octanol–water partition coefficient (Wildman–Crippen LogP) is 2.08. The fourth-order valence-corrected chi connectivity index (χ4v) is 2.01. The van der Waals surface area contributed by atoms with Crippen LogP contribution in [0.5, 0.6) is 5.75 Å². The minimum absolute atomic E-state index is 0. The van der Waals surface area contributed by atoms with Crippen LogP contribution in [-0.4, -0.2) is 39.4 Å². The number of ether oxygens (including phenoxy) is 2. The summed E-state index contributed by atoms with van der Waals surface area (Å²) in [6.07, 6.45) is 1.10. The average Bonchev–Trinajstić information content (AvgIpc) is 2.48. The van der Waals surface area contributed by atoms with Crippen LogP contribution >= 0.6 is 24.0 Å². The number of hydrogen-bond donors (Lipinski definition) is 2. The molecule has 0 atom stereocenters. The van der Waals surface area contributed by atoms with Crippen molar-refractivity contribution in [2.75, 3.05) is 33.4 Å². The molecule has 1 aromatic carbocycles. The van der Waals surface area contributed by atoms with Crippen LogP contribution in [0.2, 0.25) is 0 Å². The third-order valence-corrected chi connectivity index (χ3v) is 3.11. The SMILES string of the molecule is COCCOc1cc(C)ccc1CNC1=NCCCN1.I. The van der Waals surface area contributed by atoms with Crippen molar-refractivity contribution in [1.29, 1.82) is 0 Å². The van der Waals surface area contributed by atoms with Gasteiger partial charge >= 0.3 is 0 Å². The first-order valence-electron chi connectivity index (χ1n) is 7.03. The van der Waals surface area contributed by atoms with Gasteiger partial charge in [0.25, 0.3) is 0 Å². The van der Waals surface area contributed by atoms with Crippen molar-refractivity contribution in [3.8, 4) is 5.75 Å². The summed E-state index contributed by atoms with van der Waals surface area (Å²) >= 11 is 0. The zero-order chi connectivity index (χ0) is 14.2. The Labute approximate surface area is 143 Å². The fraction of sp³-hybridized carbons (Fsp3) is 0.533. The second-order valence-electron chi connectivity index (χ2n) is 4.82. The van der Waals surface area contributed by atoms with Crippen LogP contribution in [0.4, 0.5) is 0 Å². The summed E-state index contributed by atoms with van der Waals surface area (Å²) in [6.45, 7) is 5.79. The van der Waals surface area contributed by atoms with Gasteiger partial charge in [-0.1, -0.05) is 12.1 Å². The Kier molecular flexibility index (Phi) is 8.44. The van der Waals surface area contributed by atoms with Gasteiger partial charge in [-0.3, -0.25) is 4.99 Å². The predicted molar refractivity (Wildman–Crippen MR) is 95.7 cm³/mol. The molecule has 1 heterocycles. The second kappa shape index (κ2) is 9.83.